The number of hydrogen-bond acceptors (Lipinski definition) is 5. The molecule has 0 fully saturated rings. The lowest BCUT2D eigenvalue weighted by Gasteiger charge is -2.21. The van der Waals surface area contributed by atoms with E-state index >= 15 is 0 Å². The number of amides is 1. The highest BCUT2D eigenvalue weighted by Crippen LogP contribution is 2.18. The Kier molecular flexibility index (Phi) is 7.53. The number of sulfonamides is 1. The molecule has 0 spiro atoms. The summed E-state index contributed by atoms with van der Waals surface area (Å²) in [4.78, 5) is 12.6. The lowest BCUT2D eigenvalue weighted by atomic mass is 10.2. The van der Waals surface area contributed by atoms with Gasteiger partial charge in [-0.15, -0.1) is 0 Å². The Labute approximate surface area is 182 Å². The number of carbonyl (C=O) groups is 1. The minimum absolute atomic E-state index is 0.0606. The first-order valence-corrected chi connectivity index (χ1v) is 11.0. The van der Waals surface area contributed by atoms with Crippen LogP contribution in [0.1, 0.15) is 11.1 Å². The molecule has 8 heteroatoms. The Morgan fingerprint density at radius 2 is 1.68 bits per heavy atom. The number of hydrazone groups is 1. The van der Waals surface area contributed by atoms with Crippen LogP contribution in [-0.4, -0.2) is 38.5 Å². The van der Waals surface area contributed by atoms with Crippen molar-refractivity contribution in [1.29, 1.82) is 0 Å². The molecule has 0 saturated heterocycles. The van der Waals surface area contributed by atoms with Crippen molar-refractivity contribution in [3.8, 4) is 5.75 Å². The molecule has 0 atom stereocenters. The van der Waals surface area contributed by atoms with Crippen LogP contribution in [0.25, 0.3) is 0 Å². The lowest BCUT2D eigenvalue weighted by Crippen LogP contribution is -2.39. The smallest absolute Gasteiger partial charge is 0.255 e. The van der Waals surface area contributed by atoms with E-state index in [0.29, 0.717) is 5.75 Å². The van der Waals surface area contributed by atoms with Gasteiger partial charge in [-0.25, -0.2) is 13.8 Å². The van der Waals surface area contributed by atoms with Crippen LogP contribution >= 0.6 is 0 Å². The molecular weight excluding hydrogens is 414 g/mol. The first-order chi connectivity index (χ1) is 15.0. The maximum absolute atomic E-state index is 13.1. The second-order valence-electron chi connectivity index (χ2n) is 6.64. The zero-order valence-electron chi connectivity index (χ0n) is 17.0. The van der Waals surface area contributed by atoms with E-state index in [1.165, 1.54) is 18.3 Å². The molecule has 31 heavy (non-hydrogen) atoms. The Bertz CT molecular complexity index is 1130. The van der Waals surface area contributed by atoms with Gasteiger partial charge in [-0.3, -0.25) is 4.79 Å². The number of ether oxygens (including phenoxy) is 1. The topological polar surface area (TPSA) is 88.1 Å². The van der Waals surface area contributed by atoms with Gasteiger partial charge in [-0.1, -0.05) is 60.7 Å². The molecule has 1 amide bonds. The van der Waals surface area contributed by atoms with Gasteiger partial charge in [0.1, 0.15) is 5.75 Å². The van der Waals surface area contributed by atoms with Gasteiger partial charge in [0.25, 0.3) is 5.91 Å². The third-order valence-corrected chi connectivity index (χ3v) is 6.21. The number of methoxy groups -OCH3 is 1. The van der Waals surface area contributed by atoms with Crippen LogP contribution in [0, 0.1) is 0 Å². The molecule has 0 heterocycles. The van der Waals surface area contributed by atoms with Crippen LogP contribution in [0.5, 0.6) is 5.75 Å². The average Bonchev–Trinajstić information content (AvgIpc) is 2.80. The van der Waals surface area contributed by atoms with Crippen LogP contribution in [0.3, 0.4) is 0 Å². The van der Waals surface area contributed by atoms with Gasteiger partial charge in [0, 0.05) is 6.54 Å². The third kappa shape index (κ3) is 6.24. The summed E-state index contributed by atoms with van der Waals surface area (Å²) in [7, 11) is -2.31. The quantitative estimate of drug-likeness (QED) is 0.412. The van der Waals surface area contributed by atoms with E-state index in [-0.39, 0.29) is 18.0 Å². The molecule has 160 valence electrons. The molecule has 7 nitrogen and oxygen atoms in total. The van der Waals surface area contributed by atoms with Gasteiger partial charge in [0.2, 0.25) is 10.0 Å². The van der Waals surface area contributed by atoms with Gasteiger partial charge in [0.05, 0.1) is 24.8 Å². The molecule has 0 aliphatic carbocycles. The van der Waals surface area contributed by atoms with Crippen molar-refractivity contribution in [2.75, 3.05) is 13.7 Å². The molecule has 0 radical (unpaired) electrons. The molecule has 0 saturated carbocycles. The standard InChI is InChI=1S/C23H23N3O4S/c1-30-21-12-8-11-20(15-21)16-24-25-23(27)18-26(17-19-9-4-2-5-10-19)31(28,29)22-13-6-3-7-14-22/h2-16H,17-18H2,1H3,(H,25,27)/b24-16-. The number of nitrogens with zero attached hydrogens (tertiary/aromatic N) is 2. The normalized spacial score (nSPS) is 11.5. The van der Waals surface area contributed by atoms with E-state index in [1.54, 1.807) is 49.6 Å². The monoisotopic (exact) mass is 437 g/mol. The summed E-state index contributed by atoms with van der Waals surface area (Å²) in [6.07, 6.45) is 1.47. The summed E-state index contributed by atoms with van der Waals surface area (Å²) in [5, 5.41) is 3.93. The minimum atomic E-state index is -3.88. The van der Waals surface area contributed by atoms with Gasteiger partial charge in [-0.2, -0.15) is 9.41 Å². The predicted molar refractivity (Wildman–Crippen MR) is 119 cm³/mol. The van der Waals surface area contributed by atoms with Gasteiger partial charge < -0.3 is 4.74 Å². The highest BCUT2D eigenvalue weighted by atomic mass is 32.2. The molecule has 0 unspecified atom stereocenters. The van der Waals surface area contributed by atoms with E-state index in [9.17, 15) is 13.2 Å². The molecule has 3 rings (SSSR count). The lowest BCUT2D eigenvalue weighted by molar-refractivity contribution is -0.121. The molecule has 0 aliphatic heterocycles. The summed E-state index contributed by atoms with van der Waals surface area (Å²) in [6.45, 7) is -0.313. The zero-order valence-corrected chi connectivity index (χ0v) is 17.8. The van der Waals surface area contributed by atoms with E-state index in [4.69, 9.17) is 4.74 Å². The molecule has 0 aromatic heterocycles. The first-order valence-electron chi connectivity index (χ1n) is 9.54. The summed E-state index contributed by atoms with van der Waals surface area (Å²) in [6, 6.07) is 24.3. The Hall–Kier alpha value is -3.49. The molecule has 0 aliphatic rings. The molecular formula is C23H23N3O4S. The predicted octanol–water partition coefficient (Wildman–Crippen LogP) is 3.04. The highest BCUT2D eigenvalue weighted by Gasteiger charge is 2.26. The molecule has 0 bridgehead atoms. The number of nitrogens with one attached hydrogen (secondary N) is 1. The fraction of sp³-hybridized carbons (Fsp3) is 0.130. The summed E-state index contributed by atoms with van der Waals surface area (Å²) >= 11 is 0. The van der Waals surface area contributed by atoms with Crippen molar-refractivity contribution in [3.63, 3.8) is 0 Å². The first kappa shape index (κ1) is 22.2. The maximum Gasteiger partial charge on any atom is 0.255 e. The Morgan fingerprint density at radius 3 is 2.35 bits per heavy atom. The fourth-order valence-corrected chi connectivity index (χ4v) is 4.26. The Balaban J connectivity index is 1.74. The van der Waals surface area contributed by atoms with Crippen LogP contribution in [-0.2, 0) is 21.4 Å². The van der Waals surface area contributed by atoms with E-state index in [1.807, 2.05) is 30.3 Å². The molecule has 1 N–H and O–H groups in total. The number of benzene rings is 3. The molecule has 3 aromatic rings. The van der Waals surface area contributed by atoms with Crippen LogP contribution in [0.15, 0.2) is 94.9 Å². The largest absolute Gasteiger partial charge is 0.497 e. The number of hydrogen-bond donors (Lipinski definition) is 1. The second kappa shape index (κ2) is 10.5. The van der Waals surface area contributed by atoms with E-state index in [0.717, 1.165) is 15.4 Å². The van der Waals surface area contributed by atoms with Crippen molar-refractivity contribution in [1.82, 2.24) is 9.73 Å². The number of carbonyl (C=O) groups excluding carboxylic acids is 1. The van der Waals surface area contributed by atoms with Gasteiger partial charge in [0.15, 0.2) is 0 Å². The van der Waals surface area contributed by atoms with Gasteiger partial charge >= 0.3 is 0 Å². The van der Waals surface area contributed by atoms with Crippen LogP contribution in [0.4, 0.5) is 0 Å². The fourth-order valence-electron chi connectivity index (χ4n) is 2.85. The van der Waals surface area contributed by atoms with Crippen molar-refractivity contribution >= 4 is 22.1 Å². The average molecular weight is 438 g/mol. The van der Waals surface area contributed by atoms with Crippen LogP contribution < -0.4 is 10.2 Å². The van der Waals surface area contributed by atoms with Crippen molar-refractivity contribution in [2.45, 2.75) is 11.4 Å². The van der Waals surface area contributed by atoms with E-state index in [2.05, 4.69) is 10.5 Å². The van der Waals surface area contributed by atoms with Crippen molar-refractivity contribution < 1.29 is 17.9 Å². The highest BCUT2D eigenvalue weighted by molar-refractivity contribution is 7.89. The summed E-state index contributed by atoms with van der Waals surface area (Å²) in [5.41, 5.74) is 3.90. The van der Waals surface area contributed by atoms with Crippen LogP contribution in [0.2, 0.25) is 0 Å². The van der Waals surface area contributed by atoms with Crippen molar-refractivity contribution in [2.24, 2.45) is 5.10 Å². The van der Waals surface area contributed by atoms with Crippen molar-refractivity contribution in [3.05, 3.63) is 96.1 Å². The minimum Gasteiger partial charge on any atom is -0.497 e. The SMILES string of the molecule is COc1cccc(/C=N\NC(=O)CN(Cc2ccccc2)S(=O)(=O)c2ccccc2)c1. The Morgan fingerprint density at radius 1 is 1.00 bits per heavy atom. The number of rotatable bonds is 9. The second-order valence-corrected chi connectivity index (χ2v) is 8.58. The zero-order chi connectivity index (χ0) is 22.1. The molecule has 3 aromatic carbocycles. The summed E-state index contributed by atoms with van der Waals surface area (Å²) in [5.74, 6) is 0.118. The van der Waals surface area contributed by atoms with E-state index < -0.39 is 15.9 Å². The summed E-state index contributed by atoms with van der Waals surface area (Å²) < 4.78 is 32.5. The third-order valence-electron chi connectivity index (χ3n) is 4.40. The maximum atomic E-state index is 13.1. The van der Waals surface area contributed by atoms with Gasteiger partial charge in [-0.05, 0) is 35.4 Å².